The van der Waals surface area contributed by atoms with E-state index in [1.165, 1.54) is 28.9 Å². The molecule has 1 amide bonds. The molecule has 0 heterocycles. The van der Waals surface area contributed by atoms with Crippen LogP contribution in [0.15, 0.2) is 23.1 Å². The van der Waals surface area contributed by atoms with Crippen molar-refractivity contribution in [2.24, 2.45) is 0 Å². The van der Waals surface area contributed by atoms with Gasteiger partial charge in [0.15, 0.2) is 0 Å². The van der Waals surface area contributed by atoms with Gasteiger partial charge < -0.3 is 10.0 Å². The molecule has 1 saturated carbocycles. The Kier molecular flexibility index (Phi) is 6.12. The Morgan fingerprint density at radius 3 is 2.71 bits per heavy atom. The number of thioether (sulfide) groups is 1. The van der Waals surface area contributed by atoms with E-state index in [4.69, 9.17) is 0 Å². The van der Waals surface area contributed by atoms with Crippen molar-refractivity contribution in [3.8, 4) is 0 Å². The Morgan fingerprint density at radius 2 is 2.05 bits per heavy atom. The zero-order valence-electron chi connectivity index (χ0n) is 13.0. The third kappa shape index (κ3) is 4.48. The van der Waals surface area contributed by atoms with Gasteiger partial charge in [-0.2, -0.15) is 0 Å². The third-order valence-electron chi connectivity index (χ3n) is 4.12. The first-order valence-electron chi connectivity index (χ1n) is 7.72. The molecular weight excluding hydrogens is 282 g/mol. The molecule has 4 heteroatoms. The summed E-state index contributed by atoms with van der Waals surface area (Å²) in [7, 11) is 0. The van der Waals surface area contributed by atoms with Gasteiger partial charge in [-0.3, -0.25) is 4.79 Å². The summed E-state index contributed by atoms with van der Waals surface area (Å²) in [6.45, 7) is 4.67. The number of nitrogens with zero attached hydrogens (tertiary/aromatic N) is 1. The van der Waals surface area contributed by atoms with Crippen LogP contribution in [0.1, 0.15) is 36.8 Å². The topological polar surface area (TPSA) is 40.5 Å². The molecule has 1 aromatic rings. The molecule has 1 aliphatic carbocycles. The molecule has 0 aliphatic heterocycles. The van der Waals surface area contributed by atoms with Crippen molar-refractivity contribution in [1.82, 2.24) is 4.90 Å². The highest BCUT2D eigenvalue weighted by Gasteiger charge is 2.26. The minimum absolute atomic E-state index is 0.0520. The Morgan fingerprint density at radius 1 is 1.33 bits per heavy atom. The highest BCUT2D eigenvalue weighted by molar-refractivity contribution is 8.00. The van der Waals surface area contributed by atoms with E-state index in [0.717, 1.165) is 12.8 Å². The van der Waals surface area contributed by atoms with Crippen LogP contribution in [0.25, 0.3) is 0 Å². The van der Waals surface area contributed by atoms with Gasteiger partial charge in [-0.25, -0.2) is 0 Å². The molecule has 0 saturated heterocycles. The normalized spacial score (nSPS) is 15.4. The lowest BCUT2D eigenvalue weighted by Gasteiger charge is -2.28. The maximum absolute atomic E-state index is 12.5. The van der Waals surface area contributed by atoms with E-state index in [2.05, 4.69) is 32.0 Å². The lowest BCUT2D eigenvalue weighted by atomic mass is 10.2. The molecule has 0 bridgehead atoms. The van der Waals surface area contributed by atoms with Gasteiger partial charge in [0.25, 0.3) is 0 Å². The Bertz CT molecular complexity index is 484. The first-order valence-corrected chi connectivity index (χ1v) is 8.70. The van der Waals surface area contributed by atoms with E-state index < -0.39 is 0 Å². The summed E-state index contributed by atoms with van der Waals surface area (Å²) in [6.07, 6.45) is 4.56. The Labute approximate surface area is 131 Å². The number of aliphatic hydroxyl groups excluding tert-OH is 1. The fourth-order valence-corrected chi connectivity index (χ4v) is 3.93. The van der Waals surface area contributed by atoms with Gasteiger partial charge in [0.05, 0.1) is 12.4 Å². The first-order chi connectivity index (χ1) is 10.1. The SMILES string of the molecule is Cc1ccc(C)c(SCC(=O)N(CCO)C2CCCC2)c1. The number of rotatable bonds is 6. The van der Waals surface area contributed by atoms with Crippen LogP contribution in [-0.2, 0) is 4.79 Å². The number of hydrogen-bond acceptors (Lipinski definition) is 3. The van der Waals surface area contributed by atoms with Crippen LogP contribution in [0.5, 0.6) is 0 Å². The van der Waals surface area contributed by atoms with E-state index in [1.54, 1.807) is 11.8 Å². The number of amides is 1. The van der Waals surface area contributed by atoms with E-state index in [9.17, 15) is 9.90 Å². The van der Waals surface area contributed by atoms with Crippen molar-refractivity contribution in [3.05, 3.63) is 29.3 Å². The van der Waals surface area contributed by atoms with Gasteiger partial charge in [0, 0.05) is 17.5 Å². The highest BCUT2D eigenvalue weighted by atomic mass is 32.2. The molecule has 2 rings (SSSR count). The van der Waals surface area contributed by atoms with E-state index in [1.807, 2.05) is 4.90 Å². The molecule has 21 heavy (non-hydrogen) atoms. The average Bonchev–Trinajstić information content (AvgIpc) is 2.99. The molecule has 1 fully saturated rings. The number of benzene rings is 1. The van der Waals surface area contributed by atoms with Gasteiger partial charge in [0.1, 0.15) is 0 Å². The molecule has 0 aromatic heterocycles. The van der Waals surface area contributed by atoms with Crippen molar-refractivity contribution in [1.29, 1.82) is 0 Å². The summed E-state index contributed by atoms with van der Waals surface area (Å²) >= 11 is 1.61. The summed E-state index contributed by atoms with van der Waals surface area (Å²) in [5, 5.41) is 9.21. The van der Waals surface area contributed by atoms with Gasteiger partial charge in [0.2, 0.25) is 5.91 Å². The molecule has 1 aromatic carbocycles. The van der Waals surface area contributed by atoms with Crippen molar-refractivity contribution in [2.45, 2.75) is 50.5 Å². The molecule has 1 aliphatic rings. The highest BCUT2D eigenvalue weighted by Crippen LogP contribution is 2.27. The van der Waals surface area contributed by atoms with E-state index >= 15 is 0 Å². The zero-order valence-corrected chi connectivity index (χ0v) is 13.8. The van der Waals surface area contributed by atoms with E-state index in [0.29, 0.717) is 18.3 Å². The Balaban J connectivity index is 1.96. The molecule has 0 unspecified atom stereocenters. The zero-order chi connectivity index (χ0) is 15.2. The number of carbonyl (C=O) groups excluding carboxylic acids is 1. The molecule has 0 atom stereocenters. The largest absolute Gasteiger partial charge is 0.395 e. The van der Waals surface area contributed by atoms with Crippen molar-refractivity contribution < 1.29 is 9.90 Å². The Hall–Kier alpha value is -1.00. The molecule has 0 radical (unpaired) electrons. The lowest BCUT2D eigenvalue weighted by molar-refractivity contribution is -0.131. The molecule has 1 N–H and O–H groups in total. The quantitative estimate of drug-likeness (QED) is 0.821. The fraction of sp³-hybridized carbons (Fsp3) is 0.588. The van der Waals surface area contributed by atoms with Gasteiger partial charge in [-0.05, 0) is 38.3 Å². The van der Waals surface area contributed by atoms with Crippen LogP contribution < -0.4 is 0 Å². The average molecular weight is 307 g/mol. The smallest absolute Gasteiger partial charge is 0.233 e. The van der Waals surface area contributed by atoms with Crippen molar-refractivity contribution in [2.75, 3.05) is 18.9 Å². The number of carbonyl (C=O) groups is 1. The van der Waals surface area contributed by atoms with Crippen LogP contribution in [0, 0.1) is 13.8 Å². The predicted octanol–water partition coefficient (Wildman–Crippen LogP) is 3.16. The van der Waals surface area contributed by atoms with Gasteiger partial charge in [-0.15, -0.1) is 11.8 Å². The van der Waals surface area contributed by atoms with Crippen molar-refractivity contribution in [3.63, 3.8) is 0 Å². The first kappa shape index (κ1) is 16.4. The second-order valence-electron chi connectivity index (χ2n) is 5.81. The van der Waals surface area contributed by atoms with Crippen LogP contribution in [0.3, 0.4) is 0 Å². The number of aryl methyl sites for hydroxylation is 2. The van der Waals surface area contributed by atoms with Crippen LogP contribution in [0.4, 0.5) is 0 Å². The molecule has 0 spiro atoms. The minimum atomic E-state index is 0.0520. The second kappa shape index (κ2) is 7.85. The van der Waals surface area contributed by atoms with Gasteiger partial charge >= 0.3 is 0 Å². The maximum atomic E-state index is 12.5. The summed E-state index contributed by atoms with van der Waals surface area (Å²) in [5.41, 5.74) is 2.44. The van der Waals surface area contributed by atoms with Crippen molar-refractivity contribution >= 4 is 17.7 Å². The monoisotopic (exact) mass is 307 g/mol. The number of aliphatic hydroxyl groups is 1. The molecule has 3 nitrogen and oxygen atoms in total. The standard InChI is InChI=1S/C17H25NO2S/c1-13-7-8-14(2)16(11-13)21-12-17(20)18(9-10-19)15-5-3-4-6-15/h7-8,11,15,19H,3-6,9-10,12H2,1-2H3. The van der Waals surface area contributed by atoms with Crippen LogP contribution >= 0.6 is 11.8 Å². The van der Waals surface area contributed by atoms with Crippen LogP contribution in [-0.4, -0.2) is 40.9 Å². The van der Waals surface area contributed by atoms with E-state index in [-0.39, 0.29) is 12.5 Å². The fourth-order valence-electron chi connectivity index (χ4n) is 2.92. The molecule has 116 valence electrons. The predicted molar refractivity (Wildman–Crippen MR) is 87.7 cm³/mol. The molecular formula is C17H25NO2S. The minimum Gasteiger partial charge on any atom is -0.395 e. The third-order valence-corrected chi connectivity index (χ3v) is 5.26. The van der Waals surface area contributed by atoms with Crippen LogP contribution in [0.2, 0.25) is 0 Å². The summed E-state index contributed by atoms with van der Waals surface area (Å²) in [6, 6.07) is 6.67. The lowest BCUT2D eigenvalue weighted by Crippen LogP contribution is -2.41. The number of hydrogen-bond donors (Lipinski definition) is 1. The second-order valence-corrected chi connectivity index (χ2v) is 6.82. The maximum Gasteiger partial charge on any atom is 0.233 e. The summed E-state index contributed by atoms with van der Waals surface area (Å²) in [4.78, 5) is 15.6. The van der Waals surface area contributed by atoms with Gasteiger partial charge in [-0.1, -0.05) is 30.5 Å². The summed E-state index contributed by atoms with van der Waals surface area (Å²) < 4.78 is 0. The summed E-state index contributed by atoms with van der Waals surface area (Å²) in [5.74, 6) is 0.614.